The van der Waals surface area contributed by atoms with Gasteiger partial charge in [-0.3, -0.25) is 19.4 Å². The second kappa shape index (κ2) is 6.28. The van der Waals surface area contributed by atoms with Crippen LogP contribution in [0.1, 0.15) is 10.4 Å². The zero-order valence-corrected chi connectivity index (χ0v) is 10.4. The number of H-pyrrole nitrogens is 1. The predicted octanol–water partition coefficient (Wildman–Crippen LogP) is 0.138. The lowest BCUT2D eigenvalue weighted by molar-refractivity contribution is -0.115. The average Bonchev–Trinajstić information content (AvgIpc) is 2.46. The first-order valence-electron chi connectivity index (χ1n) is 5.82. The number of aromatic amines is 1. The predicted molar refractivity (Wildman–Crippen MR) is 72.3 cm³/mol. The van der Waals surface area contributed by atoms with Crippen LogP contribution in [0.4, 0.5) is 5.69 Å². The van der Waals surface area contributed by atoms with Crippen molar-refractivity contribution >= 4 is 17.5 Å². The van der Waals surface area contributed by atoms with Gasteiger partial charge in [-0.1, -0.05) is 0 Å². The minimum atomic E-state index is -0.439. The molecule has 3 N–H and O–H groups in total. The van der Waals surface area contributed by atoms with Crippen molar-refractivity contribution in [3.63, 3.8) is 0 Å². The molecule has 0 aromatic carbocycles. The average molecular weight is 272 g/mol. The Bertz CT molecular complexity index is 646. The Morgan fingerprint density at radius 2 is 1.90 bits per heavy atom. The number of nitrogens with zero attached hydrogens (tertiary/aromatic N) is 1. The minimum Gasteiger partial charge on any atom is -0.343 e. The van der Waals surface area contributed by atoms with Gasteiger partial charge in [-0.15, -0.1) is 0 Å². The number of carbonyl (C=O) groups is 2. The third-order valence-electron chi connectivity index (χ3n) is 2.42. The van der Waals surface area contributed by atoms with E-state index in [1.54, 1.807) is 24.5 Å². The highest BCUT2D eigenvalue weighted by molar-refractivity contribution is 5.99. The maximum absolute atomic E-state index is 11.7. The van der Waals surface area contributed by atoms with E-state index in [-0.39, 0.29) is 23.6 Å². The summed E-state index contributed by atoms with van der Waals surface area (Å²) in [5.41, 5.74) is 0.585. The van der Waals surface area contributed by atoms with Crippen LogP contribution < -0.4 is 16.2 Å². The lowest BCUT2D eigenvalue weighted by Gasteiger charge is -2.06. The summed E-state index contributed by atoms with van der Waals surface area (Å²) in [7, 11) is 0. The lowest BCUT2D eigenvalue weighted by Crippen LogP contribution is -2.33. The van der Waals surface area contributed by atoms with Crippen LogP contribution in [0.5, 0.6) is 0 Å². The number of pyridine rings is 2. The van der Waals surface area contributed by atoms with Crippen molar-refractivity contribution in [2.75, 3.05) is 11.9 Å². The van der Waals surface area contributed by atoms with Gasteiger partial charge < -0.3 is 15.6 Å². The molecule has 2 aromatic rings. The number of carbonyl (C=O) groups excluding carboxylic acids is 2. The topological polar surface area (TPSA) is 104 Å². The fourth-order valence-corrected chi connectivity index (χ4v) is 1.45. The first-order valence-corrected chi connectivity index (χ1v) is 5.82. The van der Waals surface area contributed by atoms with Crippen molar-refractivity contribution in [1.29, 1.82) is 0 Å². The summed E-state index contributed by atoms with van der Waals surface area (Å²) < 4.78 is 0. The summed E-state index contributed by atoms with van der Waals surface area (Å²) in [6.07, 6.45) is 4.39. The van der Waals surface area contributed by atoms with E-state index in [0.29, 0.717) is 5.69 Å². The maximum atomic E-state index is 11.7. The molecule has 0 fully saturated rings. The molecule has 0 saturated heterocycles. The Morgan fingerprint density at radius 1 is 1.15 bits per heavy atom. The molecular formula is C13H12N4O3. The Labute approximate surface area is 114 Å². The maximum Gasteiger partial charge on any atom is 0.253 e. The van der Waals surface area contributed by atoms with Gasteiger partial charge in [-0.2, -0.15) is 0 Å². The van der Waals surface area contributed by atoms with E-state index in [0.717, 1.165) is 0 Å². The van der Waals surface area contributed by atoms with Gasteiger partial charge in [0.15, 0.2) is 0 Å². The molecule has 102 valence electrons. The largest absolute Gasteiger partial charge is 0.343 e. The normalized spacial score (nSPS) is 9.80. The number of anilines is 1. The Balaban J connectivity index is 1.85. The molecular weight excluding hydrogens is 260 g/mol. The van der Waals surface area contributed by atoms with Crippen LogP contribution in [0.2, 0.25) is 0 Å². The van der Waals surface area contributed by atoms with Gasteiger partial charge in [0.25, 0.3) is 5.91 Å². The highest BCUT2D eigenvalue weighted by Crippen LogP contribution is 2.02. The molecule has 2 heterocycles. The fourth-order valence-electron chi connectivity index (χ4n) is 1.45. The highest BCUT2D eigenvalue weighted by Gasteiger charge is 2.08. The lowest BCUT2D eigenvalue weighted by atomic mass is 10.2. The van der Waals surface area contributed by atoms with Crippen LogP contribution in [-0.2, 0) is 4.79 Å². The molecule has 0 spiro atoms. The summed E-state index contributed by atoms with van der Waals surface area (Å²) in [4.78, 5) is 40.4. The zero-order valence-electron chi connectivity index (χ0n) is 10.4. The SMILES string of the molecule is O=C(CNC(=O)c1ccc(=O)[nH]c1)Nc1ccncc1. The molecule has 0 aliphatic carbocycles. The number of rotatable bonds is 4. The second-order valence-electron chi connectivity index (χ2n) is 3.91. The van der Waals surface area contributed by atoms with Crippen LogP contribution in [0.15, 0.2) is 47.7 Å². The van der Waals surface area contributed by atoms with Gasteiger partial charge in [-0.25, -0.2) is 0 Å². The Kier molecular flexibility index (Phi) is 4.23. The molecule has 7 nitrogen and oxygen atoms in total. The minimum absolute atomic E-state index is 0.166. The van der Waals surface area contributed by atoms with E-state index in [1.807, 2.05) is 0 Å². The quantitative estimate of drug-likeness (QED) is 0.736. The highest BCUT2D eigenvalue weighted by atomic mass is 16.2. The zero-order chi connectivity index (χ0) is 14.4. The molecule has 0 saturated carbocycles. The number of nitrogens with one attached hydrogen (secondary N) is 3. The van der Waals surface area contributed by atoms with E-state index in [4.69, 9.17) is 0 Å². The van der Waals surface area contributed by atoms with Crippen molar-refractivity contribution in [3.8, 4) is 0 Å². The molecule has 7 heteroatoms. The third kappa shape index (κ3) is 3.77. The molecule has 20 heavy (non-hydrogen) atoms. The van der Waals surface area contributed by atoms with Crippen molar-refractivity contribution < 1.29 is 9.59 Å². The number of amides is 2. The molecule has 0 aliphatic heterocycles. The third-order valence-corrected chi connectivity index (χ3v) is 2.42. The van der Waals surface area contributed by atoms with Gasteiger partial charge in [0.1, 0.15) is 0 Å². The van der Waals surface area contributed by atoms with E-state index in [1.165, 1.54) is 18.3 Å². The van der Waals surface area contributed by atoms with Crippen molar-refractivity contribution in [2.45, 2.75) is 0 Å². The summed E-state index contributed by atoms with van der Waals surface area (Å²) in [5.74, 6) is -0.792. The first-order chi connectivity index (χ1) is 9.65. The van der Waals surface area contributed by atoms with Crippen LogP contribution in [0, 0.1) is 0 Å². The number of hydrogen-bond donors (Lipinski definition) is 3. The van der Waals surface area contributed by atoms with Crippen molar-refractivity contribution in [3.05, 3.63) is 58.8 Å². The molecule has 0 unspecified atom stereocenters. The van der Waals surface area contributed by atoms with E-state index in [9.17, 15) is 14.4 Å². The van der Waals surface area contributed by atoms with Crippen LogP contribution in [-0.4, -0.2) is 28.3 Å². The second-order valence-corrected chi connectivity index (χ2v) is 3.91. The molecule has 0 radical (unpaired) electrons. The standard InChI is InChI=1S/C13H12N4O3/c18-11-2-1-9(7-15-11)13(20)16-8-12(19)17-10-3-5-14-6-4-10/h1-7H,8H2,(H,15,18)(H,16,20)(H,14,17,19). The first kappa shape index (κ1) is 13.5. The van der Waals surface area contributed by atoms with Crippen molar-refractivity contribution in [1.82, 2.24) is 15.3 Å². The molecule has 2 rings (SSSR count). The Morgan fingerprint density at radius 3 is 2.55 bits per heavy atom. The van der Waals surface area contributed by atoms with E-state index in [2.05, 4.69) is 20.6 Å². The van der Waals surface area contributed by atoms with Gasteiger partial charge in [0, 0.05) is 30.3 Å². The number of aromatic nitrogens is 2. The summed E-state index contributed by atoms with van der Waals surface area (Å²) in [6.45, 7) is -0.166. The summed E-state index contributed by atoms with van der Waals surface area (Å²) in [6, 6.07) is 5.91. The molecule has 0 atom stereocenters. The molecule has 2 aromatic heterocycles. The van der Waals surface area contributed by atoms with E-state index < -0.39 is 5.91 Å². The molecule has 0 aliphatic rings. The van der Waals surface area contributed by atoms with Crippen LogP contribution in [0.25, 0.3) is 0 Å². The van der Waals surface area contributed by atoms with Crippen molar-refractivity contribution in [2.24, 2.45) is 0 Å². The smallest absolute Gasteiger partial charge is 0.253 e. The molecule has 0 bridgehead atoms. The van der Waals surface area contributed by atoms with Crippen LogP contribution in [0.3, 0.4) is 0 Å². The van der Waals surface area contributed by atoms with Gasteiger partial charge in [0.2, 0.25) is 11.5 Å². The molecule has 2 amide bonds. The van der Waals surface area contributed by atoms with Crippen LogP contribution >= 0.6 is 0 Å². The van der Waals surface area contributed by atoms with E-state index >= 15 is 0 Å². The number of hydrogen-bond acceptors (Lipinski definition) is 4. The van der Waals surface area contributed by atoms with Gasteiger partial charge >= 0.3 is 0 Å². The van der Waals surface area contributed by atoms with Gasteiger partial charge in [0.05, 0.1) is 12.1 Å². The Hall–Kier alpha value is -2.96. The van der Waals surface area contributed by atoms with Gasteiger partial charge in [-0.05, 0) is 18.2 Å². The fraction of sp³-hybridized carbons (Fsp3) is 0.0769. The summed E-state index contributed by atoms with van der Waals surface area (Å²) >= 11 is 0. The summed E-state index contributed by atoms with van der Waals surface area (Å²) in [5, 5.41) is 5.06. The monoisotopic (exact) mass is 272 g/mol.